The quantitative estimate of drug-likeness (QED) is 0.901. The lowest BCUT2D eigenvalue weighted by Crippen LogP contribution is -2.45. The van der Waals surface area contributed by atoms with E-state index in [2.05, 4.69) is 29.1 Å². The van der Waals surface area contributed by atoms with E-state index < -0.39 is 11.4 Å². The van der Waals surface area contributed by atoms with Gasteiger partial charge in [-0.2, -0.15) is 0 Å². The Morgan fingerprint density at radius 1 is 1.58 bits per heavy atom. The van der Waals surface area contributed by atoms with Crippen molar-refractivity contribution in [3.63, 3.8) is 0 Å². The molecule has 2 rings (SSSR count). The van der Waals surface area contributed by atoms with Gasteiger partial charge >= 0.3 is 5.97 Å². The molecule has 0 spiro atoms. The second-order valence-electron chi connectivity index (χ2n) is 5.46. The van der Waals surface area contributed by atoms with Crippen molar-refractivity contribution in [2.24, 2.45) is 5.41 Å². The monoisotopic (exact) mass is 282 g/mol. The molecule has 1 saturated heterocycles. The van der Waals surface area contributed by atoms with E-state index in [1.807, 2.05) is 5.51 Å². The molecule has 1 aromatic heterocycles. The Hall–Kier alpha value is -0.940. The highest BCUT2D eigenvalue weighted by Gasteiger charge is 2.41. The number of carboxylic acids is 1. The molecule has 0 aliphatic carbocycles. The molecule has 4 nitrogen and oxygen atoms in total. The summed E-state index contributed by atoms with van der Waals surface area (Å²) in [4.78, 5) is 18.3. The first-order chi connectivity index (χ1) is 9.09. The highest BCUT2D eigenvalue weighted by atomic mass is 32.1. The molecule has 1 atom stereocenters. The van der Waals surface area contributed by atoms with Gasteiger partial charge in [0, 0.05) is 5.38 Å². The average Bonchev–Trinajstić information content (AvgIpc) is 2.93. The molecule has 1 N–H and O–H groups in total. The minimum atomic E-state index is -0.615. The Morgan fingerprint density at radius 2 is 2.26 bits per heavy atom. The van der Waals surface area contributed by atoms with Crippen LogP contribution in [0.25, 0.3) is 0 Å². The van der Waals surface area contributed by atoms with Gasteiger partial charge in [0.2, 0.25) is 0 Å². The summed E-state index contributed by atoms with van der Waals surface area (Å²) in [6, 6.07) is 0.291. The zero-order valence-corrected chi connectivity index (χ0v) is 12.4. The second-order valence-corrected chi connectivity index (χ2v) is 6.18. The Bertz CT molecular complexity index is 411. The first kappa shape index (κ1) is 14.5. The van der Waals surface area contributed by atoms with Crippen molar-refractivity contribution < 1.29 is 9.90 Å². The van der Waals surface area contributed by atoms with Gasteiger partial charge in [-0.25, -0.2) is 4.98 Å². The molecular weight excluding hydrogens is 260 g/mol. The molecule has 106 valence electrons. The van der Waals surface area contributed by atoms with Crippen LogP contribution in [-0.2, 0) is 4.79 Å². The number of aromatic nitrogens is 1. The number of aliphatic carboxylic acids is 1. The van der Waals surface area contributed by atoms with Gasteiger partial charge in [-0.1, -0.05) is 13.3 Å². The standard InChI is InChI=1S/C14H22N2O2S/c1-3-4-14(13(17)18)5-7-16(8-6-14)11(2)12-9-19-10-15-12/h9-11H,3-8H2,1-2H3,(H,17,18). The number of hydrogen-bond acceptors (Lipinski definition) is 4. The van der Waals surface area contributed by atoms with Gasteiger partial charge in [0.15, 0.2) is 0 Å². The van der Waals surface area contributed by atoms with Crippen LogP contribution in [0.3, 0.4) is 0 Å². The number of thiazole rings is 1. The van der Waals surface area contributed by atoms with Crippen LogP contribution in [0.1, 0.15) is 51.3 Å². The van der Waals surface area contributed by atoms with Crippen molar-refractivity contribution in [2.45, 2.75) is 45.6 Å². The van der Waals surface area contributed by atoms with Gasteiger partial charge < -0.3 is 5.11 Å². The van der Waals surface area contributed by atoms with Crippen LogP contribution in [-0.4, -0.2) is 34.0 Å². The van der Waals surface area contributed by atoms with Crippen molar-refractivity contribution in [2.75, 3.05) is 13.1 Å². The molecule has 1 aliphatic rings. The highest BCUT2D eigenvalue weighted by Crippen LogP contribution is 2.38. The first-order valence-electron chi connectivity index (χ1n) is 6.94. The molecule has 19 heavy (non-hydrogen) atoms. The van der Waals surface area contributed by atoms with E-state index in [-0.39, 0.29) is 0 Å². The van der Waals surface area contributed by atoms with E-state index in [0.29, 0.717) is 6.04 Å². The molecule has 0 amide bonds. The van der Waals surface area contributed by atoms with E-state index in [9.17, 15) is 9.90 Å². The summed E-state index contributed by atoms with van der Waals surface area (Å²) in [6.45, 7) is 5.92. The third kappa shape index (κ3) is 2.98. The fourth-order valence-corrected chi connectivity index (χ4v) is 3.64. The largest absolute Gasteiger partial charge is 0.481 e. The van der Waals surface area contributed by atoms with Crippen molar-refractivity contribution in [3.8, 4) is 0 Å². The summed E-state index contributed by atoms with van der Waals surface area (Å²) in [7, 11) is 0. The van der Waals surface area contributed by atoms with Crippen molar-refractivity contribution in [1.29, 1.82) is 0 Å². The maximum absolute atomic E-state index is 11.5. The molecule has 5 heteroatoms. The molecular formula is C14H22N2O2S. The minimum absolute atomic E-state index is 0.291. The SMILES string of the molecule is CCCC1(C(=O)O)CCN(C(C)c2cscn2)CC1. The molecule has 1 aromatic rings. The van der Waals surface area contributed by atoms with Crippen LogP contribution in [0.15, 0.2) is 10.9 Å². The molecule has 0 aromatic carbocycles. The van der Waals surface area contributed by atoms with Crippen LogP contribution >= 0.6 is 11.3 Å². The van der Waals surface area contributed by atoms with E-state index in [1.54, 1.807) is 11.3 Å². The third-order valence-corrected chi connectivity index (χ3v) is 4.97. The van der Waals surface area contributed by atoms with Gasteiger partial charge in [-0.05, 0) is 39.3 Å². The van der Waals surface area contributed by atoms with Crippen LogP contribution in [0, 0.1) is 5.41 Å². The summed E-state index contributed by atoms with van der Waals surface area (Å²) in [6.07, 6.45) is 3.24. The summed E-state index contributed by atoms with van der Waals surface area (Å²) in [5.41, 5.74) is 2.46. The molecule has 1 aliphatic heterocycles. The topological polar surface area (TPSA) is 53.4 Å². The zero-order valence-electron chi connectivity index (χ0n) is 11.6. The van der Waals surface area contributed by atoms with Crippen molar-refractivity contribution >= 4 is 17.3 Å². The van der Waals surface area contributed by atoms with Gasteiger partial charge in [-0.15, -0.1) is 11.3 Å². The Morgan fingerprint density at radius 3 is 2.74 bits per heavy atom. The van der Waals surface area contributed by atoms with Crippen LogP contribution < -0.4 is 0 Å². The Kier molecular flexibility index (Phi) is 4.58. The fourth-order valence-electron chi connectivity index (χ4n) is 3.00. The highest BCUT2D eigenvalue weighted by molar-refractivity contribution is 7.07. The Balaban J connectivity index is 2.00. The van der Waals surface area contributed by atoms with E-state index in [0.717, 1.165) is 44.5 Å². The van der Waals surface area contributed by atoms with Crippen LogP contribution in [0.4, 0.5) is 0 Å². The van der Waals surface area contributed by atoms with E-state index in [1.165, 1.54) is 0 Å². The lowest BCUT2D eigenvalue weighted by molar-refractivity contribution is -0.153. The number of rotatable bonds is 5. The molecule has 0 saturated carbocycles. The maximum Gasteiger partial charge on any atom is 0.309 e. The van der Waals surface area contributed by atoms with Crippen molar-refractivity contribution in [1.82, 2.24) is 9.88 Å². The smallest absolute Gasteiger partial charge is 0.309 e. The Labute approximate surface area is 118 Å². The number of carbonyl (C=O) groups is 1. The van der Waals surface area contributed by atoms with E-state index in [4.69, 9.17) is 0 Å². The summed E-state index contributed by atoms with van der Waals surface area (Å²) in [5.74, 6) is -0.615. The van der Waals surface area contributed by atoms with Crippen LogP contribution in [0.2, 0.25) is 0 Å². The van der Waals surface area contributed by atoms with E-state index >= 15 is 0 Å². The molecule has 2 heterocycles. The predicted molar refractivity (Wildman–Crippen MR) is 76.3 cm³/mol. The lowest BCUT2D eigenvalue weighted by atomic mass is 9.74. The fraction of sp³-hybridized carbons (Fsp3) is 0.714. The zero-order chi connectivity index (χ0) is 13.9. The number of carboxylic acid groups (broad SMARTS) is 1. The number of hydrogen-bond donors (Lipinski definition) is 1. The normalized spacial score (nSPS) is 21.2. The molecule has 1 fully saturated rings. The van der Waals surface area contributed by atoms with Crippen LogP contribution in [0.5, 0.6) is 0 Å². The molecule has 0 bridgehead atoms. The molecule has 0 radical (unpaired) electrons. The number of likely N-dealkylation sites (tertiary alicyclic amines) is 1. The maximum atomic E-state index is 11.5. The summed E-state index contributed by atoms with van der Waals surface area (Å²) < 4.78 is 0. The van der Waals surface area contributed by atoms with Gasteiger partial charge in [0.05, 0.1) is 22.7 Å². The number of nitrogens with zero attached hydrogens (tertiary/aromatic N) is 2. The number of piperidine rings is 1. The predicted octanol–water partition coefficient (Wildman–Crippen LogP) is 3.17. The van der Waals surface area contributed by atoms with Gasteiger partial charge in [0.25, 0.3) is 0 Å². The summed E-state index contributed by atoms with van der Waals surface area (Å²) in [5, 5.41) is 11.6. The molecule has 1 unspecified atom stereocenters. The lowest BCUT2D eigenvalue weighted by Gasteiger charge is -2.41. The minimum Gasteiger partial charge on any atom is -0.481 e. The first-order valence-corrected chi connectivity index (χ1v) is 7.89. The summed E-state index contributed by atoms with van der Waals surface area (Å²) >= 11 is 1.61. The third-order valence-electron chi connectivity index (χ3n) is 4.36. The average molecular weight is 282 g/mol. The van der Waals surface area contributed by atoms with Crippen molar-refractivity contribution in [3.05, 3.63) is 16.6 Å². The second kappa shape index (κ2) is 6.01. The van der Waals surface area contributed by atoms with Gasteiger partial charge in [0.1, 0.15) is 0 Å². The van der Waals surface area contributed by atoms with Gasteiger partial charge in [-0.3, -0.25) is 9.69 Å².